The number of aromatic nitrogens is 2. The summed E-state index contributed by atoms with van der Waals surface area (Å²) in [5, 5.41) is 3.88. The van der Waals surface area contributed by atoms with Crippen LogP contribution in [-0.2, 0) is 0 Å². The molecule has 0 aliphatic heterocycles. The van der Waals surface area contributed by atoms with Gasteiger partial charge < -0.3 is 5.32 Å². The molecule has 0 bridgehead atoms. The van der Waals surface area contributed by atoms with Crippen molar-refractivity contribution in [2.24, 2.45) is 0 Å². The summed E-state index contributed by atoms with van der Waals surface area (Å²) >= 11 is 0. The van der Waals surface area contributed by atoms with Gasteiger partial charge in [0, 0.05) is 6.04 Å². The van der Waals surface area contributed by atoms with Gasteiger partial charge in [0.15, 0.2) is 0 Å². The van der Waals surface area contributed by atoms with Gasteiger partial charge in [-0.1, -0.05) is 30.3 Å². The van der Waals surface area contributed by atoms with E-state index in [9.17, 15) is 4.79 Å². The molecule has 0 aliphatic carbocycles. The van der Waals surface area contributed by atoms with Crippen LogP contribution in [0.1, 0.15) is 13.8 Å². The van der Waals surface area contributed by atoms with Crippen molar-refractivity contribution in [3.05, 3.63) is 65.0 Å². The van der Waals surface area contributed by atoms with Crippen molar-refractivity contribution in [3.8, 4) is 5.69 Å². The number of hydrogen-bond acceptors (Lipinski definition) is 3. The maximum atomic E-state index is 12.8. The molecule has 0 radical (unpaired) electrons. The number of nitrogens with one attached hydrogen (secondary N) is 1. The first-order valence-electron chi connectivity index (χ1n) is 7.00. The Balaban J connectivity index is 2.34. The quantitative estimate of drug-likeness (QED) is 0.801. The van der Waals surface area contributed by atoms with Crippen molar-refractivity contribution < 1.29 is 0 Å². The van der Waals surface area contributed by atoms with E-state index < -0.39 is 0 Å². The maximum absolute atomic E-state index is 12.8. The van der Waals surface area contributed by atoms with E-state index in [1.54, 1.807) is 4.57 Å². The van der Waals surface area contributed by atoms with E-state index in [1.807, 2.05) is 68.4 Å². The lowest BCUT2D eigenvalue weighted by molar-refractivity contribution is 0.845. The lowest BCUT2D eigenvalue weighted by atomic mass is 10.2. The van der Waals surface area contributed by atoms with Crippen LogP contribution in [-0.4, -0.2) is 15.6 Å². The molecule has 0 spiro atoms. The molecule has 106 valence electrons. The van der Waals surface area contributed by atoms with Gasteiger partial charge >= 0.3 is 0 Å². The van der Waals surface area contributed by atoms with E-state index in [-0.39, 0.29) is 11.6 Å². The number of nitrogens with zero attached hydrogens (tertiary/aromatic N) is 2. The smallest absolute Gasteiger partial charge is 0.267 e. The van der Waals surface area contributed by atoms with E-state index in [0.29, 0.717) is 16.9 Å². The number of benzene rings is 2. The molecule has 0 atom stereocenters. The molecule has 0 amide bonds. The van der Waals surface area contributed by atoms with Crippen molar-refractivity contribution in [1.82, 2.24) is 9.55 Å². The molecule has 0 saturated carbocycles. The molecule has 4 heteroatoms. The Kier molecular flexibility index (Phi) is 3.44. The molecule has 4 nitrogen and oxygen atoms in total. The van der Waals surface area contributed by atoms with Crippen LogP contribution in [0.2, 0.25) is 0 Å². The van der Waals surface area contributed by atoms with Crippen molar-refractivity contribution >= 4 is 16.9 Å². The van der Waals surface area contributed by atoms with Crippen LogP contribution < -0.4 is 10.9 Å². The highest BCUT2D eigenvalue weighted by Gasteiger charge is 2.12. The van der Waals surface area contributed by atoms with E-state index in [1.165, 1.54) is 0 Å². The van der Waals surface area contributed by atoms with Gasteiger partial charge in [-0.25, -0.2) is 9.55 Å². The fourth-order valence-corrected chi connectivity index (χ4v) is 2.30. The highest BCUT2D eigenvalue weighted by molar-refractivity contribution is 5.79. The molecule has 1 aromatic heterocycles. The van der Waals surface area contributed by atoms with Crippen LogP contribution in [0.5, 0.6) is 0 Å². The van der Waals surface area contributed by atoms with Crippen LogP contribution in [0.3, 0.4) is 0 Å². The Bertz CT molecular complexity index is 822. The lowest BCUT2D eigenvalue weighted by Gasteiger charge is -2.16. The minimum atomic E-state index is -0.0602. The van der Waals surface area contributed by atoms with Crippen molar-refractivity contribution in [2.75, 3.05) is 5.32 Å². The zero-order valence-corrected chi connectivity index (χ0v) is 12.1. The van der Waals surface area contributed by atoms with Crippen molar-refractivity contribution in [2.45, 2.75) is 19.9 Å². The second kappa shape index (κ2) is 5.40. The highest BCUT2D eigenvalue weighted by atomic mass is 16.1. The normalized spacial score (nSPS) is 11.0. The van der Waals surface area contributed by atoms with E-state index in [4.69, 9.17) is 0 Å². The number of hydrogen-bond donors (Lipinski definition) is 1. The SMILES string of the molecule is CC(C)Nc1nc2ccccc2c(=O)n1-c1ccccc1. The largest absolute Gasteiger partial charge is 0.353 e. The van der Waals surface area contributed by atoms with Gasteiger partial charge in [0.25, 0.3) is 5.56 Å². The molecule has 0 aliphatic rings. The summed E-state index contributed by atoms with van der Waals surface area (Å²) in [5.74, 6) is 0.569. The number of anilines is 1. The molecule has 1 N–H and O–H groups in total. The molecule has 1 heterocycles. The fraction of sp³-hybridized carbons (Fsp3) is 0.176. The predicted octanol–water partition coefficient (Wildman–Crippen LogP) is 3.21. The van der Waals surface area contributed by atoms with Crippen LogP contribution in [0.25, 0.3) is 16.6 Å². The van der Waals surface area contributed by atoms with Gasteiger partial charge in [-0.2, -0.15) is 0 Å². The monoisotopic (exact) mass is 279 g/mol. The third-order valence-electron chi connectivity index (χ3n) is 3.21. The number of fused-ring (bicyclic) bond motifs is 1. The molecule has 0 fully saturated rings. The van der Waals surface area contributed by atoms with E-state index in [0.717, 1.165) is 5.69 Å². The second-order valence-electron chi connectivity index (χ2n) is 5.23. The Morgan fingerprint density at radius 2 is 1.67 bits per heavy atom. The minimum Gasteiger partial charge on any atom is -0.353 e. The summed E-state index contributed by atoms with van der Waals surface area (Å²) in [6.45, 7) is 4.05. The molecule has 0 saturated heterocycles. The van der Waals surface area contributed by atoms with Crippen molar-refractivity contribution in [3.63, 3.8) is 0 Å². The first kappa shape index (κ1) is 13.4. The summed E-state index contributed by atoms with van der Waals surface area (Å²) in [6.07, 6.45) is 0. The van der Waals surface area contributed by atoms with Gasteiger partial charge in [0.1, 0.15) is 0 Å². The van der Waals surface area contributed by atoms with Crippen molar-refractivity contribution in [1.29, 1.82) is 0 Å². The second-order valence-corrected chi connectivity index (χ2v) is 5.23. The molecular weight excluding hydrogens is 262 g/mol. The Morgan fingerprint density at radius 1 is 1.00 bits per heavy atom. The first-order chi connectivity index (χ1) is 10.2. The number of rotatable bonds is 3. The van der Waals surface area contributed by atoms with Gasteiger partial charge in [-0.05, 0) is 38.1 Å². The van der Waals surface area contributed by atoms with Gasteiger partial charge in [-0.3, -0.25) is 4.79 Å². The van der Waals surface area contributed by atoms with Crippen LogP contribution >= 0.6 is 0 Å². The van der Waals surface area contributed by atoms with E-state index in [2.05, 4.69) is 10.3 Å². The molecule has 0 unspecified atom stereocenters. The third kappa shape index (κ3) is 2.52. The van der Waals surface area contributed by atoms with Gasteiger partial charge in [0.2, 0.25) is 5.95 Å². The Labute approximate surface area is 123 Å². The Morgan fingerprint density at radius 3 is 2.38 bits per heavy atom. The van der Waals surface area contributed by atoms with Gasteiger partial charge in [-0.15, -0.1) is 0 Å². The minimum absolute atomic E-state index is 0.0602. The van der Waals surface area contributed by atoms with E-state index >= 15 is 0 Å². The summed E-state index contributed by atoms with van der Waals surface area (Å²) in [5.41, 5.74) is 1.46. The summed E-state index contributed by atoms with van der Waals surface area (Å²) in [4.78, 5) is 17.4. The molecule has 3 aromatic rings. The summed E-state index contributed by atoms with van der Waals surface area (Å²) in [6, 6.07) is 17.2. The zero-order valence-electron chi connectivity index (χ0n) is 12.1. The molecule has 3 rings (SSSR count). The number of para-hydroxylation sites is 2. The van der Waals surface area contributed by atoms with Crippen LogP contribution in [0, 0.1) is 0 Å². The van der Waals surface area contributed by atoms with Crippen LogP contribution in [0.4, 0.5) is 5.95 Å². The topological polar surface area (TPSA) is 46.9 Å². The Hall–Kier alpha value is -2.62. The predicted molar refractivity (Wildman–Crippen MR) is 86.1 cm³/mol. The summed E-state index contributed by atoms with van der Waals surface area (Å²) in [7, 11) is 0. The third-order valence-corrected chi connectivity index (χ3v) is 3.21. The first-order valence-corrected chi connectivity index (χ1v) is 7.00. The average molecular weight is 279 g/mol. The molecule has 2 aromatic carbocycles. The fourth-order valence-electron chi connectivity index (χ4n) is 2.30. The van der Waals surface area contributed by atoms with Crippen LogP contribution in [0.15, 0.2) is 59.4 Å². The lowest BCUT2D eigenvalue weighted by Crippen LogP contribution is -2.26. The highest BCUT2D eigenvalue weighted by Crippen LogP contribution is 2.16. The molecule has 21 heavy (non-hydrogen) atoms. The molecular formula is C17H17N3O. The van der Waals surface area contributed by atoms with Gasteiger partial charge in [0.05, 0.1) is 16.6 Å². The standard InChI is InChI=1S/C17H17N3O/c1-12(2)18-17-19-15-11-7-6-10-14(15)16(21)20(17)13-8-4-3-5-9-13/h3-12H,1-2H3,(H,18,19). The summed E-state index contributed by atoms with van der Waals surface area (Å²) < 4.78 is 1.63. The maximum Gasteiger partial charge on any atom is 0.267 e. The zero-order chi connectivity index (χ0) is 14.8. The average Bonchev–Trinajstić information content (AvgIpc) is 2.48.